The van der Waals surface area contributed by atoms with Gasteiger partial charge in [0.25, 0.3) is 0 Å². The van der Waals surface area contributed by atoms with Crippen LogP contribution in [0.2, 0.25) is 0 Å². The predicted octanol–water partition coefficient (Wildman–Crippen LogP) is 1.12. The fourth-order valence-corrected chi connectivity index (χ4v) is 1.65. The van der Waals surface area contributed by atoms with Crippen molar-refractivity contribution in [1.29, 1.82) is 0 Å². The summed E-state index contributed by atoms with van der Waals surface area (Å²) >= 11 is 0. The maximum atomic E-state index is 12.5. The van der Waals surface area contributed by atoms with Crippen LogP contribution in [0.25, 0.3) is 11.0 Å². The van der Waals surface area contributed by atoms with Crippen LogP contribution in [0.4, 0.5) is 19.1 Å². The summed E-state index contributed by atoms with van der Waals surface area (Å²) in [5.74, 6) is -0.705. The van der Waals surface area contributed by atoms with Crippen LogP contribution in [0.5, 0.6) is 0 Å². The highest BCUT2D eigenvalue weighted by Crippen LogP contribution is 2.31. The molecule has 96 valence electrons. The van der Waals surface area contributed by atoms with Gasteiger partial charge in [0, 0.05) is 0 Å². The van der Waals surface area contributed by atoms with E-state index in [0.29, 0.717) is 5.52 Å². The number of nitrogens with zero attached hydrogens (tertiary/aromatic N) is 2. The minimum absolute atomic E-state index is 0.0527. The molecule has 0 fully saturated rings. The van der Waals surface area contributed by atoms with Crippen LogP contribution in [0, 0.1) is 0 Å². The Balaban J connectivity index is 2.58. The third-order valence-electron chi connectivity index (χ3n) is 2.42. The lowest BCUT2D eigenvalue weighted by molar-refractivity contribution is -0.137. The standard InChI is InChI=1S/C10H9F3N4O/c11-10(12,13)5-1-2-7-6(3-5)16-9(15)17(7)4-8(14)18/h1-3H,4H2,(H2,14,18)(H2,15,16). The number of hydrogen-bond acceptors (Lipinski definition) is 3. The number of nitrogen functional groups attached to an aromatic ring is 1. The van der Waals surface area contributed by atoms with E-state index in [1.54, 1.807) is 0 Å². The Hall–Kier alpha value is -2.25. The lowest BCUT2D eigenvalue weighted by Crippen LogP contribution is -2.19. The molecule has 0 aliphatic heterocycles. The molecule has 18 heavy (non-hydrogen) atoms. The van der Waals surface area contributed by atoms with Crippen LogP contribution in [0.1, 0.15) is 5.56 Å². The lowest BCUT2D eigenvalue weighted by Gasteiger charge is -2.06. The normalized spacial score (nSPS) is 11.9. The second-order valence-corrected chi connectivity index (χ2v) is 3.72. The van der Waals surface area contributed by atoms with Crippen molar-refractivity contribution >= 4 is 22.9 Å². The van der Waals surface area contributed by atoms with Gasteiger partial charge in [0.15, 0.2) is 0 Å². The van der Waals surface area contributed by atoms with Crippen molar-refractivity contribution < 1.29 is 18.0 Å². The SMILES string of the molecule is NC(=O)Cn1c(N)nc2cc(C(F)(F)F)ccc21. The smallest absolute Gasteiger partial charge is 0.369 e. The number of carbonyl (C=O) groups is 1. The van der Waals surface area contributed by atoms with Crippen LogP contribution in [0.3, 0.4) is 0 Å². The zero-order chi connectivity index (χ0) is 13.5. The third kappa shape index (κ3) is 2.08. The number of anilines is 1. The van der Waals surface area contributed by atoms with Crippen molar-refractivity contribution in [2.24, 2.45) is 5.73 Å². The van der Waals surface area contributed by atoms with E-state index in [0.717, 1.165) is 12.1 Å². The molecule has 4 N–H and O–H groups in total. The number of benzene rings is 1. The van der Waals surface area contributed by atoms with Crippen LogP contribution in [0.15, 0.2) is 18.2 Å². The zero-order valence-electron chi connectivity index (χ0n) is 9.03. The van der Waals surface area contributed by atoms with E-state index >= 15 is 0 Å². The fraction of sp³-hybridized carbons (Fsp3) is 0.200. The molecule has 5 nitrogen and oxygen atoms in total. The number of hydrogen-bond donors (Lipinski definition) is 2. The van der Waals surface area contributed by atoms with Crippen molar-refractivity contribution in [3.8, 4) is 0 Å². The van der Waals surface area contributed by atoms with E-state index in [4.69, 9.17) is 11.5 Å². The van der Waals surface area contributed by atoms with E-state index in [1.165, 1.54) is 10.6 Å². The molecule has 1 aromatic heterocycles. The molecule has 0 saturated heterocycles. The Morgan fingerprint density at radius 1 is 1.39 bits per heavy atom. The number of halogens is 3. The Morgan fingerprint density at radius 2 is 2.06 bits per heavy atom. The highest BCUT2D eigenvalue weighted by atomic mass is 19.4. The van der Waals surface area contributed by atoms with E-state index in [9.17, 15) is 18.0 Å². The molecule has 2 rings (SSSR count). The molecule has 0 unspecified atom stereocenters. The average molecular weight is 258 g/mol. The largest absolute Gasteiger partial charge is 0.416 e. The third-order valence-corrected chi connectivity index (χ3v) is 2.42. The van der Waals surface area contributed by atoms with Crippen molar-refractivity contribution in [3.05, 3.63) is 23.8 Å². The molecule has 8 heteroatoms. The number of aromatic nitrogens is 2. The number of imidazole rings is 1. The van der Waals surface area contributed by atoms with Gasteiger partial charge in [-0.15, -0.1) is 0 Å². The summed E-state index contributed by atoms with van der Waals surface area (Å²) in [6, 6.07) is 2.99. The second-order valence-electron chi connectivity index (χ2n) is 3.72. The number of alkyl halides is 3. The Labute approximate surface area is 99.2 Å². The zero-order valence-corrected chi connectivity index (χ0v) is 9.03. The first-order chi connectivity index (χ1) is 8.29. The summed E-state index contributed by atoms with van der Waals surface area (Å²) in [5, 5.41) is 0. The maximum absolute atomic E-state index is 12.5. The molecule has 1 aromatic carbocycles. The molecule has 0 radical (unpaired) electrons. The van der Waals surface area contributed by atoms with Gasteiger partial charge in [0.05, 0.1) is 16.6 Å². The molecular formula is C10H9F3N4O. The summed E-state index contributed by atoms with van der Waals surface area (Å²) in [7, 11) is 0. The maximum Gasteiger partial charge on any atom is 0.416 e. The van der Waals surface area contributed by atoms with Gasteiger partial charge in [-0.3, -0.25) is 4.79 Å². The Morgan fingerprint density at radius 3 is 2.61 bits per heavy atom. The number of nitrogens with two attached hydrogens (primary N) is 2. The molecule has 0 spiro atoms. The van der Waals surface area contributed by atoms with Crippen molar-refractivity contribution in [1.82, 2.24) is 9.55 Å². The van der Waals surface area contributed by atoms with Gasteiger partial charge in [0.1, 0.15) is 6.54 Å². The fourth-order valence-electron chi connectivity index (χ4n) is 1.65. The van der Waals surface area contributed by atoms with Crippen LogP contribution < -0.4 is 11.5 Å². The van der Waals surface area contributed by atoms with Crippen LogP contribution >= 0.6 is 0 Å². The number of amides is 1. The lowest BCUT2D eigenvalue weighted by atomic mass is 10.2. The number of primary amides is 1. The summed E-state index contributed by atoms with van der Waals surface area (Å²) < 4.78 is 38.7. The summed E-state index contributed by atoms with van der Waals surface area (Å²) in [4.78, 5) is 14.6. The molecule has 0 saturated carbocycles. The summed E-state index contributed by atoms with van der Waals surface area (Å²) in [6.45, 7) is -0.228. The molecular weight excluding hydrogens is 249 g/mol. The first kappa shape index (κ1) is 12.2. The van der Waals surface area contributed by atoms with Crippen LogP contribution in [-0.4, -0.2) is 15.5 Å². The van der Waals surface area contributed by atoms with Crippen molar-refractivity contribution in [2.45, 2.75) is 12.7 Å². The molecule has 1 heterocycles. The number of carbonyl (C=O) groups excluding carboxylic acids is 1. The van der Waals surface area contributed by atoms with Crippen LogP contribution in [-0.2, 0) is 17.5 Å². The minimum atomic E-state index is -4.45. The summed E-state index contributed by atoms with van der Waals surface area (Å²) in [6.07, 6.45) is -4.45. The minimum Gasteiger partial charge on any atom is -0.369 e. The molecule has 0 aliphatic carbocycles. The van der Waals surface area contributed by atoms with E-state index in [2.05, 4.69) is 4.98 Å². The van der Waals surface area contributed by atoms with E-state index in [-0.39, 0.29) is 18.0 Å². The predicted molar refractivity (Wildman–Crippen MR) is 58.3 cm³/mol. The topological polar surface area (TPSA) is 86.9 Å². The number of fused-ring (bicyclic) bond motifs is 1. The average Bonchev–Trinajstić information content (AvgIpc) is 2.53. The van der Waals surface area contributed by atoms with Gasteiger partial charge in [-0.1, -0.05) is 0 Å². The highest BCUT2D eigenvalue weighted by Gasteiger charge is 2.31. The highest BCUT2D eigenvalue weighted by molar-refractivity contribution is 5.82. The quantitative estimate of drug-likeness (QED) is 0.846. The monoisotopic (exact) mass is 258 g/mol. The van der Waals surface area contributed by atoms with Gasteiger partial charge < -0.3 is 16.0 Å². The molecule has 0 bridgehead atoms. The van der Waals surface area contributed by atoms with Crippen molar-refractivity contribution in [2.75, 3.05) is 5.73 Å². The number of rotatable bonds is 2. The van der Waals surface area contributed by atoms with E-state index in [1.807, 2.05) is 0 Å². The second kappa shape index (κ2) is 3.90. The van der Waals surface area contributed by atoms with E-state index < -0.39 is 17.6 Å². The van der Waals surface area contributed by atoms with Gasteiger partial charge in [-0.2, -0.15) is 13.2 Å². The Bertz CT molecular complexity index is 617. The first-order valence-corrected chi connectivity index (χ1v) is 4.90. The van der Waals surface area contributed by atoms with Gasteiger partial charge >= 0.3 is 6.18 Å². The Kier molecular flexibility index (Phi) is 2.64. The molecule has 0 aliphatic rings. The molecule has 2 aromatic rings. The summed E-state index contributed by atoms with van der Waals surface area (Å²) in [5.41, 5.74) is 10.1. The molecule has 1 amide bonds. The van der Waals surface area contributed by atoms with Gasteiger partial charge in [-0.25, -0.2) is 4.98 Å². The van der Waals surface area contributed by atoms with Gasteiger partial charge in [0.2, 0.25) is 11.9 Å². The van der Waals surface area contributed by atoms with Gasteiger partial charge in [-0.05, 0) is 18.2 Å². The molecule has 0 atom stereocenters. The first-order valence-electron chi connectivity index (χ1n) is 4.90. The van der Waals surface area contributed by atoms with Crippen molar-refractivity contribution in [3.63, 3.8) is 0 Å².